The second-order valence-electron chi connectivity index (χ2n) is 11.4. The number of aryl methyl sites for hydroxylation is 2. The molecule has 226 valence electrons. The first kappa shape index (κ1) is 31.5. The fourth-order valence-corrected chi connectivity index (χ4v) is 6.70. The van der Waals surface area contributed by atoms with Gasteiger partial charge in [0.2, 0.25) is 5.95 Å². The number of nitrogens with zero attached hydrogens (tertiary/aromatic N) is 3. The maximum atomic E-state index is 12.9. The number of carbonyl (C=O) groups excluding carboxylic acids is 1. The SMILES string of the molecule is COc1cc(CS(=O)(=O)c2ccccc2Cl)cnc1CCc1cnc(NC2CCC(NC(=O)OC(C)(C)C)CC2)nc1. The van der Waals surface area contributed by atoms with Gasteiger partial charge in [0.1, 0.15) is 11.4 Å². The van der Waals surface area contributed by atoms with Crippen LogP contribution in [-0.2, 0) is 33.2 Å². The Bertz CT molecular complexity index is 1470. The number of nitrogens with one attached hydrogen (secondary N) is 2. The van der Waals surface area contributed by atoms with Crippen LogP contribution in [0.3, 0.4) is 0 Å². The number of rotatable bonds is 10. The van der Waals surface area contributed by atoms with Crippen LogP contribution < -0.4 is 15.4 Å². The minimum atomic E-state index is -3.64. The van der Waals surface area contributed by atoms with Gasteiger partial charge in [0.25, 0.3) is 0 Å². The molecule has 0 unspecified atom stereocenters. The molecule has 0 bridgehead atoms. The van der Waals surface area contributed by atoms with Crippen LogP contribution in [0, 0.1) is 0 Å². The van der Waals surface area contributed by atoms with E-state index in [0.29, 0.717) is 30.1 Å². The van der Waals surface area contributed by atoms with E-state index in [2.05, 4.69) is 25.6 Å². The number of anilines is 1. The van der Waals surface area contributed by atoms with Crippen molar-refractivity contribution < 1.29 is 22.7 Å². The van der Waals surface area contributed by atoms with E-state index >= 15 is 0 Å². The molecule has 1 aliphatic rings. The molecule has 42 heavy (non-hydrogen) atoms. The number of aromatic nitrogens is 3. The maximum Gasteiger partial charge on any atom is 0.407 e. The van der Waals surface area contributed by atoms with E-state index in [-0.39, 0.29) is 33.8 Å². The van der Waals surface area contributed by atoms with Crippen molar-refractivity contribution >= 4 is 33.5 Å². The van der Waals surface area contributed by atoms with E-state index in [1.54, 1.807) is 42.9 Å². The van der Waals surface area contributed by atoms with E-state index in [1.807, 2.05) is 20.8 Å². The first-order valence-corrected chi connectivity index (χ1v) is 16.0. The number of benzene rings is 1. The Morgan fingerprint density at radius 3 is 2.26 bits per heavy atom. The zero-order valence-electron chi connectivity index (χ0n) is 24.4. The molecule has 2 aromatic heterocycles. The average molecular weight is 616 g/mol. The Morgan fingerprint density at radius 2 is 1.62 bits per heavy atom. The molecule has 0 saturated heterocycles. The van der Waals surface area contributed by atoms with Gasteiger partial charge >= 0.3 is 6.09 Å². The van der Waals surface area contributed by atoms with Crippen LogP contribution in [0.5, 0.6) is 5.75 Å². The molecule has 2 N–H and O–H groups in total. The van der Waals surface area contributed by atoms with Gasteiger partial charge < -0.3 is 20.1 Å². The predicted octanol–water partition coefficient (Wildman–Crippen LogP) is 5.54. The number of halogens is 1. The largest absolute Gasteiger partial charge is 0.495 e. The van der Waals surface area contributed by atoms with E-state index in [4.69, 9.17) is 21.1 Å². The van der Waals surface area contributed by atoms with Crippen molar-refractivity contribution in [2.45, 2.75) is 87.6 Å². The Labute approximate surface area is 252 Å². The minimum absolute atomic E-state index is 0.0931. The summed E-state index contributed by atoms with van der Waals surface area (Å²) in [4.78, 5) is 25.6. The third-order valence-corrected chi connectivity index (χ3v) is 9.05. The van der Waals surface area contributed by atoms with Gasteiger partial charge in [0.15, 0.2) is 9.84 Å². The lowest BCUT2D eigenvalue weighted by molar-refractivity contribution is 0.0492. The van der Waals surface area contributed by atoms with Crippen LogP contribution in [0.2, 0.25) is 5.02 Å². The summed E-state index contributed by atoms with van der Waals surface area (Å²) in [7, 11) is -2.10. The van der Waals surface area contributed by atoms with Crippen LogP contribution in [0.4, 0.5) is 10.7 Å². The van der Waals surface area contributed by atoms with E-state index < -0.39 is 15.4 Å². The molecular formula is C30H38ClN5O5S. The molecule has 0 spiro atoms. The molecular weight excluding hydrogens is 578 g/mol. The highest BCUT2D eigenvalue weighted by atomic mass is 35.5. The highest BCUT2D eigenvalue weighted by molar-refractivity contribution is 7.90. The summed E-state index contributed by atoms with van der Waals surface area (Å²) in [5, 5.41) is 6.55. The number of pyridine rings is 1. The van der Waals surface area contributed by atoms with Gasteiger partial charge in [0.05, 0.1) is 28.5 Å². The molecule has 10 nitrogen and oxygen atoms in total. The Hall–Kier alpha value is -3.44. The molecule has 4 rings (SSSR count). The van der Waals surface area contributed by atoms with Crippen LogP contribution in [0.1, 0.15) is 63.3 Å². The van der Waals surface area contributed by atoms with Crippen molar-refractivity contribution in [1.82, 2.24) is 20.3 Å². The van der Waals surface area contributed by atoms with Gasteiger partial charge in [-0.2, -0.15) is 0 Å². The van der Waals surface area contributed by atoms with Crippen LogP contribution in [0.25, 0.3) is 0 Å². The fraction of sp³-hybridized carbons (Fsp3) is 0.467. The molecule has 12 heteroatoms. The average Bonchev–Trinajstić information content (AvgIpc) is 2.93. The van der Waals surface area contributed by atoms with Crippen LogP contribution in [-0.4, -0.2) is 54.3 Å². The Morgan fingerprint density at radius 1 is 0.976 bits per heavy atom. The number of sulfone groups is 1. The fourth-order valence-electron chi connectivity index (χ4n) is 4.81. The summed E-state index contributed by atoms with van der Waals surface area (Å²) >= 11 is 6.10. The smallest absolute Gasteiger partial charge is 0.407 e. The minimum Gasteiger partial charge on any atom is -0.495 e. The molecule has 3 aromatic rings. The molecule has 1 aromatic carbocycles. The second-order valence-corrected chi connectivity index (χ2v) is 13.8. The lowest BCUT2D eigenvalue weighted by Crippen LogP contribution is -2.42. The van der Waals surface area contributed by atoms with Gasteiger partial charge in [0, 0.05) is 30.7 Å². The van der Waals surface area contributed by atoms with Gasteiger partial charge in [-0.15, -0.1) is 0 Å². The molecule has 1 amide bonds. The second kappa shape index (κ2) is 13.7. The maximum absolute atomic E-state index is 12.9. The summed E-state index contributed by atoms with van der Waals surface area (Å²) < 4.78 is 36.6. The summed E-state index contributed by atoms with van der Waals surface area (Å²) in [6.07, 6.45) is 9.50. The number of carbonyl (C=O) groups is 1. The third kappa shape index (κ3) is 9.03. The predicted molar refractivity (Wildman–Crippen MR) is 162 cm³/mol. The molecule has 0 radical (unpaired) electrons. The first-order chi connectivity index (χ1) is 19.9. The Balaban J connectivity index is 1.27. The highest BCUT2D eigenvalue weighted by Crippen LogP contribution is 2.27. The number of alkyl carbamates (subject to hydrolysis) is 1. The lowest BCUT2D eigenvalue weighted by Gasteiger charge is -2.30. The van der Waals surface area contributed by atoms with Crippen LogP contribution >= 0.6 is 11.6 Å². The number of ether oxygens (including phenoxy) is 2. The van der Waals surface area contributed by atoms with E-state index in [0.717, 1.165) is 36.9 Å². The number of methoxy groups -OCH3 is 1. The number of hydrogen-bond acceptors (Lipinski definition) is 9. The summed E-state index contributed by atoms with van der Waals surface area (Å²) in [5.74, 6) is 0.866. The zero-order chi connectivity index (χ0) is 30.3. The third-order valence-electron chi connectivity index (χ3n) is 6.87. The molecule has 1 saturated carbocycles. The van der Waals surface area contributed by atoms with Gasteiger partial charge in [-0.25, -0.2) is 23.2 Å². The van der Waals surface area contributed by atoms with Crippen molar-refractivity contribution in [1.29, 1.82) is 0 Å². The lowest BCUT2D eigenvalue weighted by atomic mass is 9.91. The van der Waals surface area contributed by atoms with E-state index in [9.17, 15) is 13.2 Å². The quantitative estimate of drug-likeness (QED) is 0.301. The summed E-state index contributed by atoms with van der Waals surface area (Å²) in [5.41, 5.74) is 1.67. The molecule has 2 heterocycles. The number of amides is 1. The van der Waals surface area contributed by atoms with Gasteiger partial charge in [-0.05, 0) is 88.6 Å². The molecule has 0 aliphatic heterocycles. The van der Waals surface area contributed by atoms with Crippen LogP contribution in [0.15, 0.2) is 53.8 Å². The highest BCUT2D eigenvalue weighted by Gasteiger charge is 2.25. The Kier molecular flexibility index (Phi) is 10.3. The topological polar surface area (TPSA) is 132 Å². The van der Waals surface area contributed by atoms with E-state index in [1.165, 1.54) is 13.2 Å². The van der Waals surface area contributed by atoms with Crippen molar-refractivity contribution in [3.8, 4) is 5.75 Å². The standard InChI is InChI=1S/C30H38ClN5O5S/c1-30(2,3)41-29(37)36-23-12-10-22(11-13-23)35-28-33-16-20(17-34-28)9-14-25-26(40-4)15-21(18-32-25)19-42(38,39)27-8-6-5-7-24(27)31/h5-8,15-18,22-23H,9-14,19H2,1-4H3,(H,36,37)(H,33,34,35). The van der Waals surface area contributed by atoms with Crippen molar-refractivity contribution in [2.24, 2.45) is 0 Å². The van der Waals surface area contributed by atoms with Crippen molar-refractivity contribution in [3.63, 3.8) is 0 Å². The molecule has 1 aliphatic carbocycles. The summed E-state index contributed by atoms with van der Waals surface area (Å²) in [6, 6.07) is 8.44. The summed E-state index contributed by atoms with van der Waals surface area (Å²) in [6.45, 7) is 5.56. The zero-order valence-corrected chi connectivity index (χ0v) is 26.0. The molecule has 0 atom stereocenters. The first-order valence-electron chi connectivity index (χ1n) is 14.0. The molecule has 1 fully saturated rings. The normalized spacial score (nSPS) is 17.4. The van der Waals surface area contributed by atoms with Crippen molar-refractivity contribution in [2.75, 3.05) is 12.4 Å². The van der Waals surface area contributed by atoms with Gasteiger partial charge in [-0.1, -0.05) is 23.7 Å². The monoisotopic (exact) mass is 615 g/mol. The number of hydrogen-bond donors (Lipinski definition) is 2. The van der Waals surface area contributed by atoms with Gasteiger partial charge in [-0.3, -0.25) is 4.98 Å². The van der Waals surface area contributed by atoms with Crippen molar-refractivity contribution in [3.05, 3.63) is 70.8 Å².